The summed E-state index contributed by atoms with van der Waals surface area (Å²) >= 11 is 0. The molecule has 1 aromatic heterocycles. The first-order chi connectivity index (χ1) is 10.1. The summed E-state index contributed by atoms with van der Waals surface area (Å²) in [4.78, 5) is 14.6. The predicted molar refractivity (Wildman–Crippen MR) is 82.3 cm³/mol. The molecule has 108 valence electrons. The maximum Gasteiger partial charge on any atom is 0.266 e. The topological polar surface area (TPSA) is 65.9 Å². The molecule has 21 heavy (non-hydrogen) atoms. The highest BCUT2D eigenvalue weighted by Gasteiger charge is 2.15. The maximum absolute atomic E-state index is 11.9. The lowest BCUT2D eigenvalue weighted by atomic mass is 10.00. The minimum absolute atomic E-state index is 0.0692. The Morgan fingerprint density at radius 3 is 2.71 bits per heavy atom. The second-order valence-electron chi connectivity index (χ2n) is 5.01. The third-order valence-corrected chi connectivity index (χ3v) is 3.36. The monoisotopic (exact) mass is 282 g/mol. The molecule has 0 amide bonds. The molecule has 2 aromatic rings. The molecule has 0 fully saturated rings. The van der Waals surface area contributed by atoms with Gasteiger partial charge in [-0.2, -0.15) is 5.26 Å². The second-order valence-corrected chi connectivity index (χ2v) is 5.01. The molecule has 2 rings (SSSR count). The zero-order chi connectivity index (χ0) is 15.4. The molecule has 0 spiro atoms. The smallest absolute Gasteiger partial charge is 0.266 e. The van der Waals surface area contributed by atoms with Gasteiger partial charge >= 0.3 is 0 Å². The van der Waals surface area contributed by atoms with E-state index in [0.29, 0.717) is 17.0 Å². The van der Waals surface area contributed by atoms with E-state index in [1.807, 2.05) is 44.2 Å². The van der Waals surface area contributed by atoms with Crippen LogP contribution in [0, 0.1) is 18.3 Å². The Balaban J connectivity index is 2.63. The third-order valence-electron chi connectivity index (χ3n) is 3.36. The molecule has 0 saturated carbocycles. The fourth-order valence-corrected chi connectivity index (χ4v) is 2.10. The highest BCUT2D eigenvalue weighted by Crippen LogP contribution is 2.32. The highest BCUT2D eigenvalue weighted by atomic mass is 16.5. The lowest BCUT2D eigenvalue weighted by Crippen LogP contribution is -2.14. The van der Waals surface area contributed by atoms with E-state index in [0.717, 1.165) is 12.0 Å². The first-order valence-corrected chi connectivity index (χ1v) is 6.96. The van der Waals surface area contributed by atoms with Gasteiger partial charge in [-0.1, -0.05) is 25.1 Å². The molecular formula is C17H18N2O2. The fourth-order valence-electron chi connectivity index (χ4n) is 2.10. The number of H-pyrrole nitrogens is 1. The van der Waals surface area contributed by atoms with Crippen molar-refractivity contribution >= 4 is 0 Å². The highest BCUT2D eigenvalue weighted by molar-refractivity contribution is 5.75. The van der Waals surface area contributed by atoms with E-state index in [9.17, 15) is 10.1 Å². The van der Waals surface area contributed by atoms with Crippen molar-refractivity contribution in [2.24, 2.45) is 0 Å². The maximum atomic E-state index is 11.9. The van der Waals surface area contributed by atoms with Gasteiger partial charge in [0.15, 0.2) is 0 Å². The minimum atomic E-state index is -0.370. The average molecular weight is 282 g/mol. The molecule has 4 heteroatoms. The number of nitriles is 1. The van der Waals surface area contributed by atoms with Gasteiger partial charge in [0, 0.05) is 16.8 Å². The molecule has 0 aliphatic carbocycles. The van der Waals surface area contributed by atoms with Crippen LogP contribution in [-0.2, 0) is 0 Å². The molecular weight excluding hydrogens is 264 g/mol. The average Bonchev–Trinajstić information content (AvgIpc) is 2.47. The van der Waals surface area contributed by atoms with Gasteiger partial charge < -0.3 is 9.72 Å². The van der Waals surface area contributed by atoms with Crippen LogP contribution in [0.15, 0.2) is 35.1 Å². The summed E-state index contributed by atoms with van der Waals surface area (Å²) in [6, 6.07) is 11.3. The normalized spacial score (nSPS) is 11.7. The third kappa shape index (κ3) is 3.14. The Morgan fingerprint density at radius 2 is 2.05 bits per heavy atom. The molecule has 1 N–H and O–H groups in total. The molecule has 1 unspecified atom stereocenters. The number of rotatable bonds is 4. The number of hydrogen-bond acceptors (Lipinski definition) is 3. The Kier molecular flexibility index (Phi) is 4.44. The number of ether oxygens (including phenoxy) is 1. The lowest BCUT2D eigenvalue weighted by molar-refractivity contribution is 0.218. The van der Waals surface area contributed by atoms with Gasteiger partial charge in [-0.05, 0) is 32.4 Å². The second kappa shape index (κ2) is 6.27. The van der Waals surface area contributed by atoms with Gasteiger partial charge in [-0.25, -0.2) is 0 Å². The van der Waals surface area contributed by atoms with Crippen LogP contribution in [0.4, 0.5) is 0 Å². The van der Waals surface area contributed by atoms with Gasteiger partial charge in [0.2, 0.25) is 0 Å². The van der Waals surface area contributed by atoms with Crippen LogP contribution in [0.25, 0.3) is 11.1 Å². The molecule has 0 bridgehead atoms. The van der Waals surface area contributed by atoms with E-state index in [1.165, 1.54) is 0 Å². The van der Waals surface area contributed by atoms with Crippen LogP contribution < -0.4 is 10.3 Å². The Labute approximate surface area is 124 Å². The molecule has 1 heterocycles. The number of benzene rings is 1. The van der Waals surface area contributed by atoms with Gasteiger partial charge in [0.05, 0.1) is 6.10 Å². The largest absolute Gasteiger partial charge is 0.490 e. The van der Waals surface area contributed by atoms with Gasteiger partial charge in [-0.15, -0.1) is 0 Å². The number of nitrogens with one attached hydrogen (secondary N) is 1. The molecule has 4 nitrogen and oxygen atoms in total. The minimum Gasteiger partial charge on any atom is -0.490 e. The van der Waals surface area contributed by atoms with Crippen LogP contribution in [0.1, 0.15) is 31.5 Å². The zero-order valence-electron chi connectivity index (χ0n) is 12.4. The van der Waals surface area contributed by atoms with Crippen LogP contribution in [0.2, 0.25) is 0 Å². The summed E-state index contributed by atoms with van der Waals surface area (Å²) < 4.78 is 5.91. The standard InChI is InChI=1S/C17H18N2O2/c1-4-12(3)21-16-8-6-5-7-13(16)14-9-11(2)19-17(20)15(14)10-18/h5-9,12H,4H2,1-3H3,(H,19,20). The molecule has 0 saturated heterocycles. The van der Waals surface area contributed by atoms with Crippen LogP contribution in [0.3, 0.4) is 0 Å². The number of hydrogen-bond donors (Lipinski definition) is 1. The Morgan fingerprint density at radius 1 is 1.33 bits per heavy atom. The van der Waals surface area contributed by atoms with Crippen molar-refractivity contribution in [3.05, 3.63) is 51.9 Å². The van der Waals surface area contributed by atoms with Gasteiger partial charge in [0.1, 0.15) is 17.4 Å². The van der Waals surface area contributed by atoms with E-state index in [4.69, 9.17) is 4.74 Å². The SMILES string of the molecule is CCC(C)Oc1ccccc1-c1cc(C)[nH]c(=O)c1C#N. The van der Waals surface area contributed by atoms with Crippen LogP contribution in [0.5, 0.6) is 5.75 Å². The summed E-state index contributed by atoms with van der Waals surface area (Å²) in [6.45, 7) is 5.83. The number of aromatic nitrogens is 1. The van der Waals surface area contributed by atoms with E-state index >= 15 is 0 Å². The van der Waals surface area contributed by atoms with E-state index in [1.54, 1.807) is 13.0 Å². The van der Waals surface area contributed by atoms with Crippen LogP contribution in [-0.4, -0.2) is 11.1 Å². The van der Waals surface area contributed by atoms with Crippen LogP contribution >= 0.6 is 0 Å². The van der Waals surface area contributed by atoms with Crippen molar-refractivity contribution in [2.75, 3.05) is 0 Å². The number of nitrogens with zero attached hydrogens (tertiary/aromatic N) is 1. The van der Waals surface area contributed by atoms with Gasteiger partial charge in [-0.3, -0.25) is 4.79 Å². The van der Waals surface area contributed by atoms with Crippen molar-refractivity contribution in [3.63, 3.8) is 0 Å². The van der Waals surface area contributed by atoms with E-state index in [-0.39, 0.29) is 17.2 Å². The number of pyridine rings is 1. The summed E-state index contributed by atoms with van der Waals surface area (Å²) in [6.07, 6.45) is 0.952. The zero-order valence-corrected chi connectivity index (χ0v) is 12.4. The lowest BCUT2D eigenvalue weighted by Gasteiger charge is -2.16. The van der Waals surface area contributed by atoms with Crippen molar-refractivity contribution in [1.82, 2.24) is 4.98 Å². The van der Waals surface area contributed by atoms with Crippen molar-refractivity contribution in [2.45, 2.75) is 33.3 Å². The molecule has 0 aliphatic heterocycles. The first kappa shape index (κ1) is 14.9. The van der Waals surface area contributed by atoms with E-state index < -0.39 is 0 Å². The van der Waals surface area contributed by atoms with E-state index in [2.05, 4.69) is 4.98 Å². The summed E-state index contributed by atoms with van der Waals surface area (Å²) in [7, 11) is 0. The number of aryl methyl sites for hydroxylation is 1. The number of para-hydroxylation sites is 1. The Hall–Kier alpha value is -2.54. The molecule has 0 radical (unpaired) electrons. The quantitative estimate of drug-likeness (QED) is 0.934. The number of aromatic amines is 1. The Bertz CT molecular complexity index is 741. The van der Waals surface area contributed by atoms with Crippen molar-refractivity contribution < 1.29 is 4.74 Å². The first-order valence-electron chi connectivity index (χ1n) is 6.96. The predicted octanol–water partition coefficient (Wildman–Crippen LogP) is 3.40. The van der Waals surface area contributed by atoms with Gasteiger partial charge in [0.25, 0.3) is 5.56 Å². The van der Waals surface area contributed by atoms with Crippen molar-refractivity contribution in [1.29, 1.82) is 5.26 Å². The molecule has 0 aliphatic rings. The summed E-state index contributed by atoms with van der Waals surface area (Å²) in [5, 5.41) is 9.26. The summed E-state index contributed by atoms with van der Waals surface area (Å²) in [5.41, 5.74) is 1.83. The fraction of sp³-hybridized carbons (Fsp3) is 0.294. The molecule has 1 atom stereocenters. The summed E-state index contributed by atoms with van der Waals surface area (Å²) in [5.74, 6) is 0.688. The molecule has 1 aromatic carbocycles. The van der Waals surface area contributed by atoms with Crippen molar-refractivity contribution in [3.8, 4) is 22.9 Å².